The summed E-state index contributed by atoms with van der Waals surface area (Å²) in [6, 6.07) is 3.89. The van der Waals surface area contributed by atoms with Gasteiger partial charge in [0.25, 0.3) is 0 Å². The molecule has 2 N–H and O–H groups in total. The summed E-state index contributed by atoms with van der Waals surface area (Å²) in [7, 11) is 0. The number of nitrogens with two attached hydrogens (primary N) is 1. The summed E-state index contributed by atoms with van der Waals surface area (Å²) in [4.78, 5) is 15.1. The van der Waals surface area contributed by atoms with E-state index in [4.69, 9.17) is 5.90 Å². The molecule has 0 saturated heterocycles. The van der Waals surface area contributed by atoms with Gasteiger partial charge >= 0.3 is 0 Å². The van der Waals surface area contributed by atoms with Crippen LogP contribution in [0.1, 0.15) is 19.0 Å². The second-order valence-corrected chi connectivity index (χ2v) is 4.14. The van der Waals surface area contributed by atoms with Crippen LogP contribution < -0.4 is 5.90 Å². The predicted octanol–water partition coefficient (Wildman–Crippen LogP) is 1.74. The Morgan fingerprint density at radius 1 is 1.56 bits per heavy atom. The molecule has 2 heterocycles. The van der Waals surface area contributed by atoms with Crippen molar-refractivity contribution in [1.29, 1.82) is 0 Å². The van der Waals surface area contributed by atoms with Gasteiger partial charge in [0.2, 0.25) is 6.40 Å². The average molecular weight is 246 g/mol. The number of hydrogen-bond donors (Lipinski definition) is 1. The highest BCUT2D eigenvalue weighted by atomic mass is 16.6. The standard InChI is InChI=1S/C13H18N4O/c1-2-17-7-5-11(6-8-17)13-4-3-12(9-15-13)16-10-18-14/h3-5,9-10H,2,6-8,14H2,1H3. The second kappa shape index (κ2) is 6.28. The highest BCUT2D eigenvalue weighted by Crippen LogP contribution is 2.22. The molecule has 0 unspecified atom stereocenters. The molecule has 1 aliphatic rings. The van der Waals surface area contributed by atoms with Crippen LogP contribution >= 0.6 is 0 Å². The molecule has 0 amide bonds. The van der Waals surface area contributed by atoms with E-state index in [9.17, 15) is 0 Å². The van der Waals surface area contributed by atoms with Crippen molar-refractivity contribution in [3.05, 3.63) is 30.1 Å². The van der Waals surface area contributed by atoms with Crippen LogP contribution in [-0.2, 0) is 4.84 Å². The fourth-order valence-corrected chi connectivity index (χ4v) is 1.97. The fourth-order valence-electron chi connectivity index (χ4n) is 1.97. The number of pyridine rings is 1. The largest absolute Gasteiger partial charge is 0.399 e. The molecular weight excluding hydrogens is 228 g/mol. The maximum absolute atomic E-state index is 4.87. The van der Waals surface area contributed by atoms with Gasteiger partial charge in [-0.2, -0.15) is 5.90 Å². The van der Waals surface area contributed by atoms with Gasteiger partial charge in [0.05, 0.1) is 17.6 Å². The van der Waals surface area contributed by atoms with Crippen molar-refractivity contribution in [2.45, 2.75) is 13.3 Å². The van der Waals surface area contributed by atoms with Gasteiger partial charge in [-0.15, -0.1) is 0 Å². The molecule has 2 rings (SSSR count). The van der Waals surface area contributed by atoms with Gasteiger partial charge in [0.1, 0.15) is 0 Å². The summed E-state index contributed by atoms with van der Waals surface area (Å²) in [5.74, 6) is 4.87. The Hall–Kier alpha value is -1.72. The molecule has 0 bridgehead atoms. The van der Waals surface area contributed by atoms with E-state index in [-0.39, 0.29) is 0 Å². The van der Waals surface area contributed by atoms with Crippen LogP contribution in [0, 0.1) is 0 Å². The van der Waals surface area contributed by atoms with E-state index >= 15 is 0 Å². The third-order valence-corrected chi connectivity index (χ3v) is 3.08. The topological polar surface area (TPSA) is 63.7 Å². The first-order valence-corrected chi connectivity index (χ1v) is 6.09. The lowest BCUT2D eigenvalue weighted by molar-refractivity contribution is 0.318. The first-order chi connectivity index (χ1) is 8.83. The molecule has 0 aliphatic carbocycles. The maximum Gasteiger partial charge on any atom is 0.201 e. The number of nitrogens with zero attached hydrogens (tertiary/aromatic N) is 3. The van der Waals surface area contributed by atoms with Crippen LogP contribution in [0.2, 0.25) is 0 Å². The van der Waals surface area contributed by atoms with Gasteiger partial charge in [-0.3, -0.25) is 9.88 Å². The first-order valence-electron chi connectivity index (χ1n) is 6.09. The minimum absolute atomic E-state index is 0.732. The Morgan fingerprint density at radius 3 is 3.00 bits per heavy atom. The monoisotopic (exact) mass is 246 g/mol. The highest BCUT2D eigenvalue weighted by molar-refractivity contribution is 5.65. The lowest BCUT2D eigenvalue weighted by Gasteiger charge is -2.24. The van der Waals surface area contributed by atoms with Gasteiger partial charge in [-0.1, -0.05) is 13.0 Å². The van der Waals surface area contributed by atoms with Gasteiger partial charge in [0, 0.05) is 13.1 Å². The van der Waals surface area contributed by atoms with Gasteiger partial charge < -0.3 is 4.84 Å². The second-order valence-electron chi connectivity index (χ2n) is 4.14. The minimum Gasteiger partial charge on any atom is -0.399 e. The van der Waals surface area contributed by atoms with Crippen molar-refractivity contribution in [2.75, 3.05) is 19.6 Å². The van der Waals surface area contributed by atoms with Crippen molar-refractivity contribution < 1.29 is 4.84 Å². The molecule has 1 aliphatic heterocycles. The normalized spacial score (nSPS) is 16.9. The van der Waals surface area contributed by atoms with Gasteiger partial charge in [-0.05, 0) is 30.7 Å². The summed E-state index contributed by atoms with van der Waals surface area (Å²) in [6.45, 7) is 5.40. The van der Waals surface area contributed by atoms with E-state index in [1.54, 1.807) is 6.20 Å². The number of likely N-dealkylation sites (N-methyl/N-ethyl adjacent to an activating group) is 1. The van der Waals surface area contributed by atoms with Crippen LogP contribution in [0.25, 0.3) is 5.57 Å². The van der Waals surface area contributed by atoms with Crippen molar-refractivity contribution in [2.24, 2.45) is 10.9 Å². The molecule has 96 valence electrons. The summed E-state index contributed by atoms with van der Waals surface area (Å²) in [5.41, 5.74) is 3.07. The minimum atomic E-state index is 0.732. The molecule has 0 aromatic carbocycles. The lowest BCUT2D eigenvalue weighted by atomic mass is 10.0. The molecular formula is C13H18N4O. The van der Waals surface area contributed by atoms with E-state index in [0.29, 0.717) is 0 Å². The zero-order valence-corrected chi connectivity index (χ0v) is 10.5. The van der Waals surface area contributed by atoms with E-state index in [2.05, 4.69) is 32.7 Å². The molecule has 5 nitrogen and oxygen atoms in total. The zero-order chi connectivity index (χ0) is 12.8. The average Bonchev–Trinajstić information content (AvgIpc) is 2.46. The third kappa shape index (κ3) is 3.15. The van der Waals surface area contributed by atoms with Crippen molar-refractivity contribution in [3.63, 3.8) is 0 Å². The maximum atomic E-state index is 4.87. The molecule has 0 spiro atoms. The van der Waals surface area contributed by atoms with Gasteiger partial charge in [0.15, 0.2) is 0 Å². The van der Waals surface area contributed by atoms with Crippen LogP contribution in [0.15, 0.2) is 29.4 Å². The SMILES string of the molecule is CCN1CC=C(c2ccc(N=CON)cn2)CC1. The van der Waals surface area contributed by atoms with Crippen LogP contribution in [0.4, 0.5) is 5.69 Å². The highest BCUT2D eigenvalue weighted by Gasteiger charge is 2.11. The number of rotatable bonds is 4. The summed E-state index contributed by atoms with van der Waals surface area (Å²) < 4.78 is 0. The van der Waals surface area contributed by atoms with Crippen molar-refractivity contribution >= 4 is 17.7 Å². The molecule has 1 aromatic rings. The Kier molecular flexibility index (Phi) is 4.44. The molecule has 1 aromatic heterocycles. The Balaban J connectivity index is 2.06. The van der Waals surface area contributed by atoms with Crippen molar-refractivity contribution in [1.82, 2.24) is 9.88 Å². The smallest absolute Gasteiger partial charge is 0.201 e. The summed E-state index contributed by atoms with van der Waals surface area (Å²) in [5, 5.41) is 0. The third-order valence-electron chi connectivity index (χ3n) is 3.08. The Bertz CT molecular complexity index is 439. The van der Waals surface area contributed by atoms with Crippen molar-refractivity contribution in [3.8, 4) is 0 Å². The van der Waals surface area contributed by atoms with Crippen LogP contribution in [0.3, 0.4) is 0 Å². The van der Waals surface area contributed by atoms with E-state index in [1.165, 1.54) is 12.0 Å². The fraction of sp³-hybridized carbons (Fsp3) is 0.385. The lowest BCUT2D eigenvalue weighted by Crippen LogP contribution is -2.28. The van der Waals surface area contributed by atoms with Gasteiger partial charge in [-0.25, -0.2) is 4.99 Å². The van der Waals surface area contributed by atoms with E-state index in [0.717, 1.165) is 37.4 Å². The Morgan fingerprint density at radius 2 is 2.44 bits per heavy atom. The van der Waals surface area contributed by atoms with E-state index in [1.807, 2.05) is 12.1 Å². The number of aromatic nitrogens is 1. The predicted molar refractivity (Wildman–Crippen MR) is 72.4 cm³/mol. The molecule has 0 fully saturated rings. The summed E-state index contributed by atoms with van der Waals surface area (Å²) in [6.07, 6.45) is 6.21. The van der Waals surface area contributed by atoms with Crippen LogP contribution in [0.5, 0.6) is 0 Å². The van der Waals surface area contributed by atoms with E-state index < -0.39 is 0 Å². The molecule has 0 saturated carbocycles. The Labute approximate surface area is 107 Å². The number of hydrogen-bond acceptors (Lipinski definition) is 5. The molecule has 5 heteroatoms. The molecule has 0 atom stereocenters. The summed E-state index contributed by atoms with van der Waals surface area (Å²) >= 11 is 0. The molecule has 18 heavy (non-hydrogen) atoms. The van der Waals surface area contributed by atoms with Crippen LogP contribution in [-0.4, -0.2) is 35.9 Å². The zero-order valence-electron chi connectivity index (χ0n) is 10.5. The molecule has 0 radical (unpaired) electrons. The first kappa shape index (κ1) is 12.7. The number of aliphatic imine (C=N–C) groups is 1. The quantitative estimate of drug-likeness (QED) is 0.499.